The summed E-state index contributed by atoms with van der Waals surface area (Å²) < 4.78 is 6.92. The van der Waals surface area contributed by atoms with Crippen LogP contribution in [0.5, 0.6) is 5.75 Å². The molecule has 1 aromatic heterocycles. The number of ether oxygens (including phenoxy) is 1. The fourth-order valence-corrected chi connectivity index (χ4v) is 3.34. The minimum absolute atomic E-state index is 0.532. The van der Waals surface area contributed by atoms with Gasteiger partial charge in [-0.15, -0.1) is 10.2 Å². The number of nitrogens with two attached hydrogens (primary N) is 1. The van der Waals surface area contributed by atoms with Crippen molar-refractivity contribution in [3.63, 3.8) is 0 Å². The van der Waals surface area contributed by atoms with E-state index in [2.05, 4.69) is 10.2 Å². The lowest BCUT2D eigenvalue weighted by Gasteiger charge is -2.06. The summed E-state index contributed by atoms with van der Waals surface area (Å²) in [5.74, 6) is 8.21. The van der Waals surface area contributed by atoms with E-state index in [0.29, 0.717) is 33.4 Å². The van der Waals surface area contributed by atoms with Gasteiger partial charge in [0.2, 0.25) is 5.16 Å². The molecular weight excluding hydrogens is 379 g/mol. The Bertz CT molecular complexity index is 868. The first kappa shape index (κ1) is 17.9. The van der Waals surface area contributed by atoms with Crippen molar-refractivity contribution in [1.82, 2.24) is 14.9 Å². The van der Waals surface area contributed by atoms with Gasteiger partial charge in [-0.3, -0.25) is 0 Å². The monoisotopic (exact) mass is 394 g/mol. The molecule has 0 saturated heterocycles. The molecule has 0 bridgehead atoms. The Morgan fingerprint density at radius 3 is 2.52 bits per heavy atom. The van der Waals surface area contributed by atoms with E-state index in [0.717, 1.165) is 16.9 Å². The number of benzene rings is 2. The molecule has 0 unspecified atom stereocenters. The summed E-state index contributed by atoms with van der Waals surface area (Å²) >= 11 is 13.4. The van der Waals surface area contributed by atoms with Crippen LogP contribution < -0.4 is 10.6 Å². The maximum atomic E-state index is 6.14. The van der Waals surface area contributed by atoms with Crippen LogP contribution in [0.1, 0.15) is 12.5 Å². The minimum atomic E-state index is 0.532. The molecule has 0 spiro atoms. The molecule has 0 radical (unpaired) electrons. The third-order valence-electron chi connectivity index (χ3n) is 3.44. The number of halogens is 2. The molecule has 1 heterocycles. The van der Waals surface area contributed by atoms with Crippen molar-refractivity contribution in [1.29, 1.82) is 0 Å². The highest BCUT2D eigenvalue weighted by molar-refractivity contribution is 7.98. The average molecular weight is 395 g/mol. The Morgan fingerprint density at radius 1 is 1.08 bits per heavy atom. The molecule has 0 aliphatic carbocycles. The summed E-state index contributed by atoms with van der Waals surface area (Å²) in [6.07, 6.45) is 0. The fraction of sp³-hybridized carbons (Fsp3) is 0.176. The van der Waals surface area contributed by atoms with Gasteiger partial charge in [0.1, 0.15) is 5.75 Å². The number of thioether (sulfide) groups is 1. The third-order valence-corrected chi connectivity index (χ3v) is 5.19. The number of nitrogens with zero attached hydrogens (tertiary/aromatic N) is 3. The van der Waals surface area contributed by atoms with Crippen LogP contribution in [0.2, 0.25) is 10.0 Å². The van der Waals surface area contributed by atoms with Crippen LogP contribution in [0.25, 0.3) is 11.4 Å². The Hall–Kier alpha value is -1.89. The highest BCUT2D eigenvalue weighted by atomic mass is 35.5. The van der Waals surface area contributed by atoms with Crippen LogP contribution in [0.3, 0.4) is 0 Å². The van der Waals surface area contributed by atoms with E-state index >= 15 is 0 Å². The molecule has 0 aliphatic heterocycles. The van der Waals surface area contributed by atoms with Crippen LogP contribution in [0, 0.1) is 0 Å². The molecule has 0 atom stereocenters. The van der Waals surface area contributed by atoms with Crippen molar-refractivity contribution in [3.8, 4) is 17.1 Å². The summed E-state index contributed by atoms with van der Waals surface area (Å²) in [5.41, 5.74) is 1.91. The van der Waals surface area contributed by atoms with Gasteiger partial charge in [-0.05, 0) is 48.9 Å². The van der Waals surface area contributed by atoms with E-state index < -0.39 is 0 Å². The zero-order chi connectivity index (χ0) is 17.8. The Labute approximate surface area is 160 Å². The first-order chi connectivity index (χ1) is 12.1. The molecule has 5 nitrogen and oxygen atoms in total. The quantitative estimate of drug-likeness (QED) is 0.486. The molecule has 3 aromatic rings. The normalized spacial score (nSPS) is 10.8. The highest BCUT2D eigenvalue weighted by Crippen LogP contribution is 2.28. The number of hydrogen-bond donors (Lipinski definition) is 1. The van der Waals surface area contributed by atoms with Crippen molar-refractivity contribution in [2.75, 3.05) is 12.4 Å². The maximum absolute atomic E-state index is 6.14. The fourth-order valence-electron chi connectivity index (χ4n) is 2.22. The zero-order valence-corrected chi connectivity index (χ0v) is 15.8. The lowest BCUT2D eigenvalue weighted by atomic mass is 10.2. The zero-order valence-electron chi connectivity index (χ0n) is 13.4. The van der Waals surface area contributed by atoms with Gasteiger partial charge in [-0.2, -0.15) is 0 Å². The molecule has 0 aliphatic rings. The second-order valence-electron chi connectivity index (χ2n) is 5.17. The van der Waals surface area contributed by atoms with E-state index in [-0.39, 0.29) is 0 Å². The van der Waals surface area contributed by atoms with E-state index in [1.54, 1.807) is 6.07 Å². The Balaban J connectivity index is 1.73. The Kier molecular flexibility index (Phi) is 5.73. The molecule has 2 N–H and O–H groups in total. The van der Waals surface area contributed by atoms with Gasteiger partial charge in [-0.1, -0.05) is 41.0 Å². The summed E-state index contributed by atoms with van der Waals surface area (Å²) in [6.45, 7) is 2.57. The van der Waals surface area contributed by atoms with Gasteiger partial charge in [0.15, 0.2) is 5.82 Å². The lowest BCUT2D eigenvalue weighted by Crippen LogP contribution is -2.11. The second-order valence-corrected chi connectivity index (χ2v) is 6.93. The first-order valence-corrected chi connectivity index (χ1v) is 9.33. The summed E-state index contributed by atoms with van der Waals surface area (Å²) in [4.78, 5) is 0. The highest BCUT2D eigenvalue weighted by Gasteiger charge is 2.12. The average Bonchev–Trinajstić information content (AvgIpc) is 2.98. The van der Waals surface area contributed by atoms with Crippen LogP contribution in [0.15, 0.2) is 47.6 Å². The second kappa shape index (κ2) is 7.99. The SMILES string of the molecule is CCOc1ccc(-c2nnc(SCc3ccc(Cl)c(Cl)c3)n2N)cc1. The molecule has 2 aromatic carbocycles. The number of nitrogen functional groups attached to an aromatic ring is 1. The van der Waals surface area contributed by atoms with Crippen molar-refractivity contribution < 1.29 is 4.74 Å². The molecule has 3 rings (SSSR count). The van der Waals surface area contributed by atoms with Crippen LogP contribution >= 0.6 is 35.0 Å². The maximum Gasteiger partial charge on any atom is 0.210 e. The smallest absolute Gasteiger partial charge is 0.210 e. The van der Waals surface area contributed by atoms with E-state index in [4.69, 9.17) is 33.8 Å². The largest absolute Gasteiger partial charge is 0.494 e. The van der Waals surface area contributed by atoms with E-state index in [1.807, 2.05) is 43.3 Å². The number of hydrogen-bond acceptors (Lipinski definition) is 5. The van der Waals surface area contributed by atoms with Gasteiger partial charge in [0.25, 0.3) is 0 Å². The van der Waals surface area contributed by atoms with Gasteiger partial charge < -0.3 is 10.6 Å². The minimum Gasteiger partial charge on any atom is -0.494 e. The summed E-state index contributed by atoms with van der Waals surface area (Å²) in [6, 6.07) is 13.1. The molecule has 130 valence electrons. The predicted octanol–water partition coefficient (Wildman–Crippen LogP) is 4.66. The van der Waals surface area contributed by atoms with Crippen LogP contribution in [0.4, 0.5) is 0 Å². The van der Waals surface area contributed by atoms with Crippen molar-refractivity contribution in [2.24, 2.45) is 0 Å². The number of aromatic nitrogens is 3. The summed E-state index contributed by atoms with van der Waals surface area (Å²) in [5, 5.41) is 10.0. The lowest BCUT2D eigenvalue weighted by molar-refractivity contribution is 0.340. The molecule has 25 heavy (non-hydrogen) atoms. The standard InChI is InChI=1S/C17H16Cl2N4OS/c1-2-24-13-6-4-12(5-7-13)16-21-22-17(23(16)20)25-10-11-3-8-14(18)15(19)9-11/h3-9H,2,10,20H2,1H3. The van der Waals surface area contributed by atoms with Crippen LogP contribution in [-0.4, -0.2) is 21.5 Å². The summed E-state index contributed by atoms with van der Waals surface area (Å²) in [7, 11) is 0. The van der Waals surface area contributed by atoms with Crippen molar-refractivity contribution >= 4 is 35.0 Å². The topological polar surface area (TPSA) is 66.0 Å². The van der Waals surface area contributed by atoms with E-state index in [9.17, 15) is 0 Å². The van der Waals surface area contributed by atoms with Gasteiger partial charge in [0, 0.05) is 11.3 Å². The van der Waals surface area contributed by atoms with Crippen LogP contribution in [-0.2, 0) is 5.75 Å². The van der Waals surface area contributed by atoms with Gasteiger partial charge in [-0.25, -0.2) is 4.68 Å². The Morgan fingerprint density at radius 2 is 1.84 bits per heavy atom. The molecular formula is C17H16Cl2N4OS. The third kappa shape index (κ3) is 4.21. The van der Waals surface area contributed by atoms with Crippen molar-refractivity contribution in [2.45, 2.75) is 17.8 Å². The number of rotatable bonds is 6. The van der Waals surface area contributed by atoms with Gasteiger partial charge in [0.05, 0.1) is 16.7 Å². The molecule has 0 saturated carbocycles. The van der Waals surface area contributed by atoms with Crippen molar-refractivity contribution in [3.05, 3.63) is 58.1 Å². The predicted molar refractivity (Wildman–Crippen MR) is 103 cm³/mol. The molecule has 0 amide bonds. The van der Waals surface area contributed by atoms with Gasteiger partial charge >= 0.3 is 0 Å². The first-order valence-electron chi connectivity index (χ1n) is 7.59. The molecule has 0 fully saturated rings. The van der Waals surface area contributed by atoms with E-state index in [1.165, 1.54) is 16.4 Å². The molecule has 8 heteroatoms.